The summed E-state index contributed by atoms with van der Waals surface area (Å²) >= 11 is 1.45. The number of hydrogen-bond acceptors (Lipinski definition) is 5. The van der Waals surface area contributed by atoms with E-state index >= 15 is 0 Å². The van der Waals surface area contributed by atoms with E-state index in [9.17, 15) is 0 Å². The fraction of sp³-hybridized carbons (Fsp3) is 0.389. The van der Waals surface area contributed by atoms with Gasteiger partial charge in [0.15, 0.2) is 0 Å². The normalized spacial score (nSPS) is 11.2. The van der Waals surface area contributed by atoms with E-state index in [2.05, 4.69) is 30.5 Å². The first kappa shape index (κ1) is 19.2. The van der Waals surface area contributed by atoms with Crippen molar-refractivity contribution in [3.63, 3.8) is 0 Å². The molecule has 0 saturated heterocycles. The molecule has 5 heteroatoms. The van der Waals surface area contributed by atoms with Gasteiger partial charge in [0.1, 0.15) is 17.4 Å². The fourth-order valence-electron chi connectivity index (χ4n) is 2.16. The maximum Gasteiger partial charge on any atom is 0.129 e. The van der Waals surface area contributed by atoms with Crippen molar-refractivity contribution in [2.75, 3.05) is 13.2 Å². The molecule has 0 aliphatic rings. The van der Waals surface area contributed by atoms with Gasteiger partial charge >= 0.3 is 0 Å². The first-order valence-electron chi connectivity index (χ1n) is 7.77. The van der Waals surface area contributed by atoms with Crippen LogP contribution in [0.5, 0.6) is 5.75 Å². The number of rotatable bonds is 9. The summed E-state index contributed by atoms with van der Waals surface area (Å²) in [5.74, 6) is 6.46. The molecule has 0 spiro atoms. The van der Waals surface area contributed by atoms with Crippen LogP contribution in [-0.2, 0) is 0 Å². The van der Waals surface area contributed by atoms with E-state index in [1.807, 2.05) is 26.0 Å². The summed E-state index contributed by atoms with van der Waals surface area (Å²) in [6.07, 6.45) is 4.00. The molecule has 0 aliphatic heterocycles. The molecule has 0 bridgehead atoms. The van der Waals surface area contributed by atoms with Crippen molar-refractivity contribution < 1.29 is 4.74 Å². The quantitative estimate of drug-likeness (QED) is 0.178. The Kier molecular flexibility index (Phi) is 8.33. The van der Waals surface area contributed by atoms with Crippen LogP contribution in [0.1, 0.15) is 36.5 Å². The summed E-state index contributed by atoms with van der Waals surface area (Å²) in [5, 5.41) is 8.79. The lowest BCUT2D eigenvalue weighted by Gasteiger charge is -2.14. The highest BCUT2D eigenvalue weighted by atomic mass is 32.2. The molecular formula is C18H27N3OS. The molecule has 0 heterocycles. The number of hydrazone groups is 1. The zero-order valence-electron chi connectivity index (χ0n) is 14.3. The molecule has 0 atom stereocenters. The molecule has 1 aromatic rings. The van der Waals surface area contributed by atoms with Crippen molar-refractivity contribution >= 4 is 16.8 Å². The molecule has 0 unspecified atom stereocenters. The molecule has 0 saturated carbocycles. The first-order valence-corrected chi connectivity index (χ1v) is 8.58. The van der Waals surface area contributed by atoms with E-state index in [1.165, 1.54) is 11.8 Å². The molecule has 0 radical (unpaired) electrons. The zero-order chi connectivity index (χ0) is 17.2. The van der Waals surface area contributed by atoms with Crippen LogP contribution in [0.4, 0.5) is 0 Å². The van der Waals surface area contributed by atoms with Crippen LogP contribution in [0.3, 0.4) is 0 Å². The lowest BCUT2D eigenvalue weighted by atomic mass is 10.1. The Labute approximate surface area is 143 Å². The van der Waals surface area contributed by atoms with Crippen molar-refractivity contribution in [3.05, 3.63) is 53.1 Å². The highest BCUT2D eigenvalue weighted by molar-refractivity contribution is 8.17. The molecule has 0 amide bonds. The van der Waals surface area contributed by atoms with Crippen LogP contribution in [0.15, 0.2) is 41.5 Å². The van der Waals surface area contributed by atoms with Gasteiger partial charge in [-0.15, -0.1) is 0 Å². The average molecular weight is 334 g/mol. The maximum atomic E-state index is 5.71. The Hall–Kier alpha value is -1.88. The zero-order valence-corrected chi connectivity index (χ0v) is 15.1. The molecule has 126 valence electrons. The highest BCUT2D eigenvalue weighted by Gasteiger charge is 2.12. The van der Waals surface area contributed by atoms with Crippen LogP contribution in [0, 0.1) is 13.8 Å². The van der Waals surface area contributed by atoms with Crippen LogP contribution in [-0.4, -0.2) is 18.2 Å². The second-order valence-electron chi connectivity index (χ2n) is 5.28. The van der Waals surface area contributed by atoms with Gasteiger partial charge in [0, 0.05) is 12.1 Å². The van der Waals surface area contributed by atoms with Gasteiger partial charge in [-0.2, -0.15) is 5.10 Å². The Balaban J connectivity index is 2.86. The molecule has 4 nitrogen and oxygen atoms in total. The number of nitrogens with two attached hydrogens (primary N) is 1. The number of nitrogens with zero attached hydrogens (tertiary/aromatic N) is 1. The molecule has 1 aromatic carbocycles. The van der Waals surface area contributed by atoms with Gasteiger partial charge in [-0.1, -0.05) is 44.3 Å². The second-order valence-corrected chi connectivity index (χ2v) is 6.36. The summed E-state index contributed by atoms with van der Waals surface area (Å²) < 4.78 is 5.71. The van der Waals surface area contributed by atoms with Crippen LogP contribution >= 0.6 is 11.8 Å². The van der Waals surface area contributed by atoms with Gasteiger partial charge in [0.2, 0.25) is 0 Å². The van der Waals surface area contributed by atoms with Crippen LogP contribution in [0.25, 0.3) is 0 Å². The van der Waals surface area contributed by atoms with Gasteiger partial charge in [-0.25, -0.2) is 0 Å². The Morgan fingerprint density at radius 1 is 1.39 bits per heavy atom. The Bertz CT molecular complexity index is 559. The molecule has 23 heavy (non-hydrogen) atoms. The number of unbranched alkanes of at least 4 members (excludes halogenated alkanes) is 1. The summed E-state index contributed by atoms with van der Waals surface area (Å²) in [5.41, 5.74) is 3.07. The van der Waals surface area contributed by atoms with E-state index in [-0.39, 0.29) is 0 Å². The molecule has 0 aromatic heterocycles. The molecular weight excluding hydrogens is 306 g/mol. The minimum Gasteiger partial charge on any atom is -0.489 e. The number of hydrogen-bond donors (Lipinski definition) is 2. The number of ether oxygens (including phenoxy) is 1. The van der Waals surface area contributed by atoms with E-state index in [0.29, 0.717) is 6.61 Å². The minimum absolute atomic E-state index is 0.492. The number of aryl methyl sites for hydroxylation is 2. The second kappa shape index (κ2) is 10.0. The van der Waals surface area contributed by atoms with E-state index in [1.54, 1.807) is 6.08 Å². The molecule has 1 rings (SSSR count). The Morgan fingerprint density at radius 3 is 2.57 bits per heavy atom. The summed E-state index contributed by atoms with van der Waals surface area (Å²) in [6.45, 7) is 15.3. The van der Waals surface area contributed by atoms with Gasteiger partial charge in [-0.3, -0.25) is 0 Å². The maximum absolute atomic E-state index is 5.71. The van der Waals surface area contributed by atoms with E-state index < -0.39 is 0 Å². The summed E-state index contributed by atoms with van der Waals surface area (Å²) in [7, 11) is 0. The lowest BCUT2D eigenvalue weighted by Crippen LogP contribution is -2.14. The third-order valence-corrected chi connectivity index (χ3v) is 4.17. The summed E-state index contributed by atoms with van der Waals surface area (Å²) in [4.78, 5) is 0. The number of nitrogens with one attached hydrogen (secondary N) is 1. The minimum atomic E-state index is 0.492. The van der Waals surface area contributed by atoms with Gasteiger partial charge in [0.25, 0.3) is 0 Å². The van der Waals surface area contributed by atoms with Crippen LogP contribution in [0.2, 0.25) is 0 Å². The third kappa shape index (κ3) is 6.02. The third-order valence-electron chi connectivity index (χ3n) is 3.24. The van der Waals surface area contributed by atoms with Crippen molar-refractivity contribution in [3.8, 4) is 5.75 Å². The van der Waals surface area contributed by atoms with Gasteiger partial charge < -0.3 is 15.9 Å². The topological polar surface area (TPSA) is 59.6 Å². The fourth-order valence-corrected chi connectivity index (χ4v) is 2.86. The average Bonchev–Trinajstić information content (AvgIpc) is 2.52. The predicted molar refractivity (Wildman–Crippen MR) is 102 cm³/mol. The van der Waals surface area contributed by atoms with Crippen molar-refractivity contribution in [2.45, 2.75) is 33.6 Å². The van der Waals surface area contributed by atoms with Gasteiger partial charge in [0.05, 0.1) is 5.03 Å². The van der Waals surface area contributed by atoms with Crippen molar-refractivity contribution in [2.24, 2.45) is 10.9 Å². The smallest absolute Gasteiger partial charge is 0.129 e. The molecule has 0 fully saturated rings. The monoisotopic (exact) mass is 333 g/mol. The predicted octanol–water partition coefficient (Wildman–Crippen LogP) is 4.08. The van der Waals surface area contributed by atoms with Crippen molar-refractivity contribution in [1.29, 1.82) is 0 Å². The standard InChI is InChI=1S/C18H27N3OS/c1-6-8-9-20-15(5)23-18(21-19)16-11-13(3)17(14(4)12-16)22-10-7-2/h7,11-12,20H,2,5-6,8-10,19H2,1,3-4H3/b21-18-. The number of benzene rings is 1. The van der Waals surface area contributed by atoms with Gasteiger partial charge in [-0.05, 0) is 43.5 Å². The SMILES string of the molecule is C=CCOc1c(C)cc(/C(=N/N)SC(=C)NCCCC)cc1C. The summed E-state index contributed by atoms with van der Waals surface area (Å²) in [6, 6.07) is 4.06. The van der Waals surface area contributed by atoms with Crippen LogP contribution < -0.4 is 15.9 Å². The van der Waals surface area contributed by atoms with E-state index in [4.69, 9.17) is 10.6 Å². The lowest BCUT2D eigenvalue weighted by molar-refractivity contribution is 0.358. The van der Waals surface area contributed by atoms with E-state index in [0.717, 1.165) is 51.9 Å². The first-order chi connectivity index (χ1) is 11.0. The largest absolute Gasteiger partial charge is 0.489 e. The van der Waals surface area contributed by atoms with Crippen molar-refractivity contribution in [1.82, 2.24) is 5.32 Å². The highest BCUT2D eigenvalue weighted by Crippen LogP contribution is 2.28. The Morgan fingerprint density at radius 2 is 2.04 bits per heavy atom. The molecule has 3 N–H and O–H groups in total. The number of thioether (sulfide) groups is 1. The molecule has 0 aliphatic carbocycles.